The number of rotatable bonds is 6. The number of allylic oxidation sites excluding steroid dienone is 1. The molecular formula is C17H17ClN4O2S. The third kappa shape index (κ3) is 3.93. The molecule has 8 heteroatoms. The smallest absolute Gasteiger partial charge is 0.239 e. The van der Waals surface area contributed by atoms with E-state index < -0.39 is 0 Å². The summed E-state index contributed by atoms with van der Waals surface area (Å²) >= 11 is 7.21. The molecule has 3 rings (SSSR count). The number of halogens is 1. The van der Waals surface area contributed by atoms with Crippen LogP contribution in [0, 0.1) is 0 Å². The molecular weight excluding hydrogens is 360 g/mol. The molecule has 0 spiro atoms. The standard InChI is InChI=1S/C17H17ClN4O2S/c1-2-9-22-16(12-5-7-13(18)8-6-12)19-20-17(22)25-11-15(24)21-10-3-4-14(21)23/h2,5-8H,1,3-4,9-11H2. The zero-order valence-electron chi connectivity index (χ0n) is 13.5. The molecule has 2 amide bonds. The van der Waals surface area contributed by atoms with Gasteiger partial charge in [-0.25, -0.2) is 0 Å². The first-order chi connectivity index (χ1) is 12.1. The molecule has 25 heavy (non-hydrogen) atoms. The molecule has 0 atom stereocenters. The van der Waals surface area contributed by atoms with E-state index in [4.69, 9.17) is 11.6 Å². The first-order valence-electron chi connectivity index (χ1n) is 7.86. The summed E-state index contributed by atoms with van der Waals surface area (Å²) in [7, 11) is 0. The number of imide groups is 1. The molecule has 1 aromatic carbocycles. The van der Waals surface area contributed by atoms with E-state index in [9.17, 15) is 9.59 Å². The van der Waals surface area contributed by atoms with Crippen molar-refractivity contribution in [2.75, 3.05) is 12.3 Å². The first-order valence-corrected chi connectivity index (χ1v) is 9.22. The number of likely N-dealkylation sites (tertiary alicyclic amines) is 1. The van der Waals surface area contributed by atoms with Crippen LogP contribution in [0.5, 0.6) is 0 Å². The highest BCUT2D eigenvalue weighted by atomic mass is 35.5. The maximum absolute atomic E-state index is 12.2. The van der Waals surface area contributed by atoms with Gasteiger partial charge in [0, 0.05) is 30.1 Å². The summed E-state index contributed by atoms with van der Waals surface area (Å²) in [5.41, 5.74) is 0.881. The zero-order valence-corrected chi connectivity index (χ0v) is 15.1. The Morgan fingerprint density at radius 3 is 2.72 bits per heavy atom. The Balaban J connectivity index is 1.77. The van der Waals surface area contributed by atoms with Crippen LogP contribution >= 0.6 is 23.4 Å². The highest BCUT2D eigenvalue weighted by molar-refractivity contribution is 7.99. The van der Waals surface area contributed by atoms with Crippen LogP contribution in [0.4, 0.5) is 0 Å². The fraction of sp³-hybridized carbons (Fsp3) is 0.294. The van der Waals surface area contributed by atoms with E-state index in [1.54, 1.807) is 18.2 Å². The second-order valence-electron chi connectivity index (χ2n) is 5.54. The molecule has 0 bridgehead atoms. The van der Waals surface area contributed by atoms with Crippen molar-refractivity contribution in [2.24, 2.45) is 0 Å². The van der Waals surface area contributed by atoms with Gasteiger partial charge in [0.25, 0.3) is 0 Å². The number of thioether (sulfide) groups is 1. The predicted octanol–water partition coefficient (Wildman–Crippen LogP) is 3.03. The van der Waals surface area contributed by atoms with Crippen LogP contribution in [0.25, 0.3) is 11.4 Å². The quantitative estimate of drug-likeness (QED) is 0.572. The third-order valence-electron chi connectivity index (χ3n) is 3.83. The normalized spacial score (nSPS) is 14.1. The SMILES string of the molecule is C=CCn1c(SCC(=O)N2CCCC2=O)nnc1-c1ccc(Cl)cc1. The molecule has 1 saturated heterocycles. The minimum atomic E-state index is -0.186. The maximum atomic E-state index is 12.2. The van der Waals surface area contributed by atoms with Crippen LogP contribution in [-0.2, 0) is 16.1 Å². The fourth-order valence-corrected chi connectivity index (χ4v) is 3.57. The van der Waals surface area contributed by atoms with Crippen LogP contribution in [0.1, 0.15) is 12.8 Å². The fourth-order valence-electron chi connectivity index (χ4n) is 2.62. The van der Waals surface area contributed by atoms with Crippen LogP contribution < -0.4 is 0 Å². The van der Waals surface area contributed by atoms with Crippen molar-refractivity contribution in [3.63, 3.8) is 0 Å². The summed E-state index contributed by atoms with van der Waals surface area (Å²) in [6, 6.07) is 7.32. The van der Waals surface area contributed by atoms with E-state index in [-0.39, 0.29) is 17.6 Å². The van der Waals surface area contributed by atoms with E-state index in [0.717, 1.165) is 12.0 Å². The van der Waals surface area contributed by atoms with Gasteiger partial charge in [0.15, 0.2) is 11.0 Å². The molecule has 0 aliphatic carbocycles. The van der Waals surface area contributed by atoms with Crippen molar-refractivity contribution in [3.8, 4) is 11.4 Å². The van der Waals surface area contributed by atoms with E-state index in [0.29, 0.717) is 35.5 Å². The minimum absolute atomic E-state index is 0.0972. The molecule has 130 valence electrons. The van der Waals surface area contributed by atoms with Crippen molar-refractivity contribution < 1.29 is 9.59 Å². The summed E-state index contributed by atoms with van der Waals surface area (Å²) in [5, 5.41) is 9.69. The van der Waals surface area contributed by atoms with Gasteiger partial charge < -0.3 is 0 Å². The largest absolute Gasteiger partial charge is 0.298 e. The Hall–Kier alpha value is -2.12. The maximum Gasteiger partial charge on any atom is 0.239 e. The van der Waals surface area contributed by atoms with Crippen molar-refractivity contribution in [3.05, 3.63) is 41.9 Å². The number of hydrogen-bond donors (Lipinski definition) is 0. The van der Waals surface area contributed by atoms with Crippen LogP contribution in [0.2, 0.25) is 5.02 Å². The van der Waals surface area contributed by atoms with Crippen molar-refractivity contribution in [1.82, 2.24) is 19.7 Å². The lowest BCUT2D eigenvalue weighted by Gasteiger charge is -2.13. The molecule has 1 aromatic heterocycles. The molecule has 2 heterocycles. The van der Waals surface area contributed by atoms with E-state index in [2.05, 4.69) is 16.8 Å². The lowest BCUT2D eigenvalue weighted by Crippen LogP contribution is -2.33. The van der Waals surface area contributed by atoms with Crippen molar-refractivity contribution in [1.29, 1.82) is 0 Å². The number of nitrogens with zero attached hydrogens (tertiary/aromatic N) is 4. The molecule has 0 N–H and O–H groups in total. The van der Waals surface area contributed by atoms with Crippen LogP contribution in [0.15, 0.2) is 42.1 Å². The third-order valence-corrected chi connectivity index (χ3v) is 5.03. The van der Waals surface area contributed by atoms with Crippen molar-refractivity contribution >= 4 is 35.2 Å². The molecule has 0 unspecified atom stereocenters. The Morgan fingerprint density at radius 1 is 1.32 bits per heavy atom. The zero-order chi connectivity index (χ0) is 17.8. The Labute approximate surface area is 154 Å². The van der Waals surface area contributed by atoms with Gasteiger partial charge in [-0.05, 0) is 30.7 Å². The lowest BCUT2D eigenvalue weighted by molar-refractivity contribution is -0.140. The number of aromatic nitrogens is 3. The summed E-state index contributed by atoms with van der Waals surface area (Å²) in [6.45, 7) is 4.79. The predicted molar refractivity (Wildman–Crippen MR) is 97.3 cm³/mol. The molecule has 6 nitrogen and oxygen atoms in total. The van der Waals surface area contributed by atoms with Gasteiger partial charge in [0.05, 0.1) is 5.75 Å². The molecule has 2 aromatic rings. The second-order valence-corrected chi connectivity index (χ2v) is 6.92. The Morgan fingerprint density at radius 2 is 2.08 bits per heavy atom. The van der Waals surface area contributed by atoms with Gasteiger partial charge in [0.2, 0.25) is 11.8 Å². The average molecular weight is 377 g/mol. The average Bonchev–Trinajstić information content (AvgIpc) is 3.20. The van der Waals surface area contributed by atoms with Gasteiger partial charge in [0.1, 0.15) is 0 Å². The number of carbonyl (C=O) groups is 2. The highest BCUT2D eigenvalue weighted by Crippen LogP contribution is 2.25. The number of carbonyl (C=O) groups excluding carboxylic acids is 2. The molecule has 0 saturated carbocycles. The van der Waals surface area contributed by atoms with E-state index >= 15 is 0 Å². The van der Waals surface area contributed by atoms with E-state index in [1.165, 1.54) is 16.7 Å². The molecule has 0 radical (unpaired) electrons. The summed E-state index contributed by atoms with van der Waals surface area (Å²) < 4.78 is 1.89. The summed E-state index contributed by atoms with van der Waals surface area (Å²) in [4.78, 5) is 25.2. The summed E-state index contributed by atoms with van der Waals surface area (Å²) in [5.74, 6) is 0.555. The lowest BCUT2D eigenvalue weighted by atomic mass is 10.2. The Bertz CT molecular complexity index is 803. The van der Waals surface area contributed by atoms with Gasteiger partial charge in [-0.3, -0.25) is 19.1 Å². The first kappa shape index (κ1) is 17.7. The molecule has 1 fully saturated rings. The Kier molecular flexibility index (Phi) is 5.55. The molecule has 1 aliphatic rings. The number of hydrogen-bond acceptors (Lipinski definition) is 5. The summed E-state index contributed by atoms with van der Waals surface area (Å²) in [6.07, 6.45) is 2.94. The number of benzene rings is 1. The van der Waals surface area contributed by atoms with E-state index in [1.807, 2.05) is 16.7 Å². The monoisotopic (exact) mass is 376 g/mol. The topological polar surface area (TPSA) is 68.1 Å². The van der Waals surface area contributed by atoms with Gasteiger partial charge >= 0.3 is 0 Å². The van der Waals surface area contributed by atoms with Gasteiger partial charge in [-0.15, -0.1) is 16.8 Å². The van der Waals surface area contributed by atoms with Crippen molar-refractivity contribution in [2.45, 2.75) is 24.5 Å². The molecule has 1 aliphatic heterocycles. The highest BCUT2D eigenvalue weighted by Gasteiger charge is 2.26. The second kappa shape index (κ2) is 7.84. The minimum Gasteiger partial charge on any atom is -0.298 e. The van der Waals surface area contributed by atoms with Gasteiger partial charge in [-0.2, -0.15) is 0 Å². The van der Waals surface area contributed by atoms with Crippen LogP contribution in [0.3, 0.4) is 0 Å². The van der Waals surface area contributed by atoms with Gasteiger partial charge in [-0.1, -0.05) is 29.4 Å². The number of amides is 2. The van der Waals surface area contributed by atoms with Crippen LogP contribution in [-0.4, -0.2) is 43.8 Å².